The van der Waals surface area contributed by atoms with Crippen molar-refractivity contribution in [3.05, 3.63) is 188 Å². The third-order valence-electron chi connectivity index (χ3n) is 9.88. The van der Waals surface area contributed by atoms with Gasteiger partial charge < -0.3 is 0 Å². The second-order valence-corrected chi connectivity index (χ2v) is 12.8. The molecule has 50 heavy (non-hydrogen) atoms. The van der Waals surface area contributed by atoms with Crippen molar-refractivity contribution < 1.29 is 0 Å². The van der Waals surface area contributed by atoms with Gasteiger partial charge in [-0.2, -0.15) is 0 Å². The second-order valence-electron chi connectivity index (χ2n) is 12.8. The Labute approximate surface area is 291 Å². The summed E-state index contributed by atoms with van der Waals surface area (Å²) in [6.07, 6.45) is 0. The van der Waals surface area contributed by atoms with Crippen molar-refractivity contribution in [2.24, 2.45) is 0 Å². The third kappa shape index (κ3) is 4.56. The molecule has 7 aromatic carbocycles. The van der Waals surface area contributed by atoms with E-state index in [0.717, 1.165) is 50.8 Å². The highest BCUT2D eigenvalue weighted by Gasteiger charge is 2.29. The SMILES string of the molecule is c1ccc(-c2cc(-c3cccc(N4c5ccc6ccccc6c5-c5ccccc5-n5c4cc4ccccc45)c3)cc(-c3ccccc3)n2)cc1. The molecule has 0 aliphatic carbocycles. The van der Waals surface area contributed by atoms with Gasteiger partial charge in [-0.3, -0.25) is 9.47 Å². The maximum absolute atomic E-state index is 5.15. The highest BCUT2D eigenvalue weighted by atomic mass is 15.3. The number of fused-ring (bicyclic) bond motifs is 9. The predicted molar refractivity (Wildman–Crippen MR) is 209 cm³/mol. The van der Waals surface area contributed by atoms with Crippen molar-refractivity contribution in [2.45, 2.75) is 0 Å². The molecule has 1 aliphatic heterocycles. The topological polar surface area (TPSA) is 21.1 Å². The van der Waals surface area contributed by atoms with Gasteiger partial charge in [0.05, 0.1) is 28.3 Å². The van der Waals surface area contributed by atoms with Crippen molar-refractivity contribution in [1.29, 1.82) is 0 Å². The van der Waals surface area contributed by atoms with E-state index in [9.17, 15) is 0 Å². The smallest absolute Gasteiger partial charge is 0.123 e. The standard InChI is InChI=1S/C47H31N3/c1-3-15-33(16-4-1)41-29-37(30-42(48-41)34-17-5-2-6-18-34)35-20-13-21-38(28-35)49-45-27-26-32-14-7-9-22-39(32)47(45)40-23-10-12-25-44(40)50-43-24-11-8-19-36(43)31-46(49)50/h1-31H. The molecule has 0 saturated heterocycles. The maximum atomic E-state index is 5.15. The molecule has 0 radical (unpaired) electrons. The van der Waals surface area contributed by atoms with Gasteiger partial charge in [-0.05, 0) is 70.4 Å². The van der Waals surface area contributed by atoms with Crippen LogP contribution in [0, 0.1) is 0 Å². The minimum absolute atomic E-state index is 0.953. The number of rotatable bonds is 4. The number of hydrogen-bond acceptors (Lipinski definition) is 2. The van der Waals surface area contributed by atoms with Gasteiger partial charge in [-0.15, -0.1) is 0 Å². The quantitative estimate of drug-likeness (QED) is 0.191. The van der Waals surface area contributed by atoms with Gasteiger partial charge in [0.1, 0.15) is 5.82 Å². The summed E-state index contributed by atoms with van der Waals surface area (Å²) in [4.78, 5) is 7.59. The molecule has 3 heteroatoms. The molecule has 0 atom stereocenters. The molecule has 10 rings (SSSR count). The number of anilines is 3. The van der Waals surface area contributed by atoms with Crippen LogP contribution >= 0.6 is 0 Å². The molecule has 1 aliphatic rings. The van der Waals surface area contributed by atoms with Gasteiger partial charge in [-0.1, -0.05) is 140 Å². The van der Waals surface area contributed by atoms with E-state index in [-0.39, 0.29) is 0 Å². The van der Waals surface area contributed by atoms with Gasteiger partial charge in [0.15, 0.2) is 0 Å². The first-order valence-corrected chi connectivity index (χ1v) is 17.1. The monoisotopic (exact) mass is 637 g/mol. The Balaban J connectivity index is 1.24. The number of hydrogen-bond donors (Lipinski definition) is 0. The molecule has 9 aromatic rings. The molecule has 2 aromatic heterocycles. The lowest BCUT2D eigenvalue weighted by atomic mass is 9.94. The molecule has 0 unspecified atom stereocenters. The minimum Gasteiger partial charge on any atom is -0.295 e. The molecule has 0 bridgehead atoms. The fraction of sp³-hybridized carbons (Fsp3) is 0. The van der Waals surface area contributed by atoms with E-state index in [1.165, 1.54) is 38.5 Å². The fourth-order valence-corrected chi connectivity index (χ4v) is 7.60. The highest BCUT2D eigenvalue weighted by Crippen LogP contribution is 2.51. The molecule has 0 fully saturated rings. The van der Waals surface area contributed by atoms with Crippen molar-refractivity contribution in [2.75, 3.05) is 4.90 Å². The average molecular weight is 638 g/mol. The van der Waals surface area contributed by atoms with Crippen LogP contribution in [0.2, 0.25) is 0 Å². The van der Waals surface area contributed by atoms with Gasteiger partial charge >= 0.3 is 0 Å². The van der Waals surface area contributed by atoms with Crippen LogP contribution in [0.4, 0.5) is 17.2 Å². The summed E-state index contributed by atoms with van der Waals surface area (Å²) in [5.74, 6) is 1.11. The van der Waals surface area contributed by atoms with Crippen molar-refractivity contribution in [3.8, 4) is 50.5 Å². The summed E-state index contributed by atoms with van der Waals surface area (Å²) < 4.78 is 2.43. The van der Waals surface area contributed by atoms with Gasteiger partial charge in [0, 0.05) is 33.3 Å². The summed E-state index contributed by atoms with van der Waals surface area (Å²) in [6.45, 7) is 0. The maximum Gasteiger partial charge on any atom is 0.123 e. The molecular weight excluding hydrogens is 607 g/mol. The van der Waals surface area contributed by atoms with Crippen LogP contribution in [0.5, 0.6) is 0 Å². The lowest BCUT2D eigenvalue weighted by Gasteiger charge is -2.27. The van der Waals surface area contributed by atoms with E-state index in [1.54, 1.807) is 0 Å². The zero-order chi connectivity index (χ0) is 33.0. The molecule has 234 valence electrons. The minimum atomic E-state index is 0.953. The van der Waals surface area contributed by atoms with Gasteiger partial charge in [0.2, 0.25) is 0 Å². The predicted octanol–water partition coefficient (Wildman–Crippen LogP) is 12.6. The summed E-state index contributed by atoms with van der Waals surface area (Å²) >= 11 is 0. The number of aromatic nitrogens is 2. The van der Waals surface area contributed by atoms with Crippen LogP contribution in [0.1, 0.15) is 0 Å². The first kappa shape index (κ1) is 28.3. The van der Waals surface area contributed by atoms with Crippen molar-refractivity contribution in [1.82, 2.24) is 9.55 Å². The Hall–Kier alpha value is -6.71. The number of nitrogens with zero attached hydrogens (tertiary/aromatic N) is 3. The van der Waals surface area contributed by atoms with Crippen molar-refractivity contribution in [3.63, 3.8) is 0 Å². The van der Waals surface area contributed by atoms with Gasteiger partial charge in [-0.25, -0.2) is 4.98 Å². The molecule has 3 nitrogen and oxygen atoms in total. The van der Waals surface area contributed by atoms with Crippen LogP contribution in [0.25, 0.3) is 72.1 Å². The van der Waals surface area contributed by atoms with Crippen LogP contribution < -0.4 is 4.90 Å². The Morgan fingerprint density at radius 2 is 1.04 bits per heavy atom. The zero-order valence-electron chi connectivity index (χ0n) is 27.2. The molecular formula is C47H31N3. The van der Waals surface area contributed by atoms with E-state index in [2.05, 4.69) is 198 Å². The largest absolute Gasteiger partial charge is 0.295 e. The Morgan fingerprint density at radius 1 is 0.400 bits per heavy atom. The molecule has 0 spiro atoms. The van der Waals surface area contributed by atoms with E-state index in [1.807, 2.05) is 0 Å². The van der Waals surface area contributed by atoms with E-state index in [0.29, 0.717) is 0 Å². The summed E-state index contributed by atoms with van der Waals surface area (Å²) in [7, 11) is 0. The average Bonchev–Trinajstić information content (AvgIpc) is 3.51. The van der Waals surface area contributed by atoms with Crippen molar-refractivity contribution >= 4 is 38.9 Å². The van der Waals surface area contributed by atoms with E-state index < -0.39 is 0 Å². The fourth-order valence-electron chi connectivity index (χ4n) is 7.60. The van der Waals surface area contributed by atoms with Crippen LogP contribution in [0.15, 0.2) is 188 Å². The van der Waals surface area contributed by atoms with E-state index >= 15 is 0 Å². The van der Waals surface area contributed by atoms with Crippen LogP contribution in [0.3, 0.4) is 0 Å². The second kappa shape index (κ2) is 11.5. The Bertz CT molecular complexity index is 2650. The lowest BCUT2D eigenvalue weighted by Crippen LogP contribution is -2.13. The highest BCUT2D eigenvalue weighted by molar-refractivity contribution is 6.09. The molecule has 0 N–H and O–H groups in total. The number of benzene rings is 7. The molecule has 0 saturated carbocycles. The molecule has 3 heterocycles. The Morgan fingerprint density at radius 3 is 1.82 bits per heavy atom. The Kier molecular flexibility index (Phi) is 6.49. The summed E-state index contributed by atoms with van der Waals surface area (Å²) in [5.41, 5.74) is 13.4. The van der Waals surface area contributed by atoms with Crippen LogP contribution in [-0.4, -0.2) is 9.55 Å². The van der Waals surface area contributed by atoms with Gasteiger partial charge in [0.25, 0.3) is 0 Å². The first-order valence-electron chi connectivity index (χ1n) is 17.1. The first-order chi connectivity index (χ1) is 24.8. The van der Waals surface area contributed by atoms with E-state index in [4.69, 9.17) is 4.98 Å². The lowest BCUT2D eigenvalue weighted by molar-refractivity contribution is 1.09. The third-order valence-corrected chi connectivity index (χ3v) is 9.88. The summed E-state index contributed by atoms with van der Waals surface area (Å²) in [5, 5.41) is 3.67. The number of pyridine rings is 1. The molecule has 0 amide bonds. The summed E-state index contributed by atoms with van der Waals surface area (Å²) in [6, 6.07) is 67.5. The zero-order valence-corrected chi connectivity index (χ0v) is 27.2. The number of para-hydroxylation sites is 2. The normalized spacial score (nSPS) is 12.0. The van der Waals surface area contributed by atoms with Crippen LogP contribution in [-0.2, 0) is 0 Å².